The minimum Gasteiger partial charge on any atom is -0.406 e. The molecule has 5 nitrogen and oxygen atoms in total. The molecule has 0 saturated heterocycles. The van der Waals surface area contributed by atoms with E-state index in [4.69, 9.17) is 5.73 Å². The number of benzene rings is 1. The van der Waals surface area contributed by atoms with Crippen molar-refractivity contribution in [2.75, 3.05) is 13.1 Å². The minimum absolute atomic E-state index is 0.248. The van der Waals surface area contributed by atoms with E-state index in [-0.39, 0.29) is 17.4 Å². The molecule has 20 heavy (non-hydrogen) atoms. The number of carbonyl (C=O) groups excluding carboxylic acids is 1. The Morgan fingerprint density at radius 2 is 2.10 bits per heavy atom. The first-order valence-electron chi connectivity index (χ1n) is 5.76. The summed E-state index contributed by atoms with van der Waals surface area (Å²) in [6.07, 6.45) is -4.74. The molecule has 4 N–H and O–H groups in total. The highest BCUT2D eigenvalue weighted by Crippen LogP contribution is 2.26. The number of alkyl halides is 3. The van der Waals surface area contributed by atoms with Crippen LogP contribution in [-0.2, 0) is 0 Å². The number of amides is 1. The summed E-state index contributed by atoms with van der Waals surface area (Å²) in [5, 5.41) is 3.00. The first kappa shape index (κ1) is 14.2. The van der Waals surface area contributed by atoms with Gasteiger partial charge in [-0.25, -0.2) is 0 Å². The van der Waals surface area contributed by atoms with E-state index in [2.05, 4.69) is 15.0 Å². The van der Waals surface area contributed by atoms with Crippen LogP contribution in [0.4, 0.5) is 13.2 Å². The van der Waals surface area contributed by atoms with Gasteiger partial charge >= 0.3 is 6.36 Å². The van der Waals surface area contributed by atoms with Crippen LogP contribution < -0.4 is 15.8 Å². The van der Waals surface area contributed by atoms with Crippen LogP contribution in [0.3, 0.4) is 0 Å². The summed E-state index contributed by atoms with van der Waals surface area (Å²) < 4.78 is 40.1. The number of ether oxygens (including phenoxy) is 1. The molecule has 0 fully saturated rings. The van der Waals surface area contributed by atoms with Gasteiger partial charge in [-0.3, -0.25) is 4.79 Å². The highest BCUT2D eigenvalue weighted by molar-refractivity contribution is 5.98. The third-order valence-corrected chi connectivity index (χ3v) is 2.50. The first-order chi connectivity index (χ1) is 9.39. The summed E-state index contributed by atoms with van der Waals surface area (Å²) in [7, 11) is 0. The Balaban J connectivity index is 2.23. The number of halogens is 3. The molecule has 2 aromatic rings. The zero-order valence-corrected chi connectivity index (χ0v) is 10.3. The summed E-state index contributed by atoms with van der Waals surface area (Å²) in [5.74, 6) is -0.706. The molecular weight excluding hydrogens is 275 g/mol. The van der Waals surface area contributed by atoms with Gasteiger partial charge in [-0.05, 0) is 24.3 Å². The summed E-state index contributed by atoms with van der Waals surface area (Å²) in [6.45, 7) is 0.617. The van der Waals surface area contributed by atoms with E-state index >= 15 is 0 Å². The third kappa shape index (κ3) is 3.41. The predicted molar refractivity (Wildman–Crippen MR) is 66.4 cm³/mol. The number of carbonyl (C=O) groups is 1. The molecule has 0 saturated carbocycles. The molecule has 1 aromatic carbocycles. The monoisotopic (exact) mass is 287 g/mol. The van der Waals surface area contributed by atoms with Crippen molar-refractivity contribution in [3.63, 3.8) is 0 Å². The lowest BCUT2D eigenvalue weighted by molar-refractivity contribution is -0.274. The lowest BCUT2D eigenvalue weighted by Gasteiger charge is -2.08. The van der Waals surface area contributed by atoms with E-state index in [1.807, 2.05) is 0 Å². The van der Waals surface area contributed by atoms with Gasteiger partial charge in [0.25, 0.3) is 5.91 Å². The Bertz CT molecular complexity index is 622. The molecule has 0 aliphatic rings. The van der Waals surface area contributed by atoms with Crippen molar-refractivity contribution in [1.82, 2.24) is 10.3 Å². The fraction of sp³-hybridized carbons (Fsp3) is 0.250. The van der Waals surface area contributed by atoms with Crippen LogP contribution in [0.5, 0.6) is 5.75 Å². The number of fused-ring (bicyclic) bond motifs is 1. The van der Waals surface area contributed by atoms with Gasteiger partial charge in [0.05, 0.1) is 0 Å². The SMILES string of the molecule is NCCNC(=O)c1cc2cc(OC(F)(F)F)ccc2[nH]1. The van der Waals surface area contributed by atoms with Crippen LogP contribution in [0.2, 0.25) is 0 Å². The molecule has 0 spiro atoms. The van der Waals surface area contributed by atoms with Crippen LogP contribution in [0.25, 0.3) is 10.9 Å². The number of nitrogens with two attached hydrogens (primary N) is 1. The molecule has 1 amide bonds. The third-order valence-electron chi connectivity index (χ3n) is 2.50. The minimum atomic E-state index is -4.74. The molecular formula is C12H12F3N3O2. The van der Waals surface area contributed by atoms with E-state index in [1.54, 1.807) is 0 Å². The second kappa shape index (κ2) is 5.41. The second-order valence-corrected chi connectivity index (χ2v) is 4.02. The standard InChI is InChI=1S/C12H12F3N3O2/c13-12(14,15)20-8-1-2-9-7(5-8)6-10(18-9)11(19)17-4-3-16/h1-2,5-6,18H,3-4,16H2,(H,17,19). The Hall–Kier alpha value is -2.22. The average Bonchev–Trinajstić information content (AvgIpc) is 2.77. The van der Waals surface area contributed by atoms with Gasteiger partial charge in [-0.2, -0.15) is 0 Å². The Kier molecular flexibility index (Phi) is 3.84. The number of aromatic amines is 1. The fourth-order valence-electron chi connectivity index (χ4n) is 1.71. The quantitative estimate of drug-likeness (QED) is 0.801. The van der Waals surface area contributed by atoms with E-state index in [1.165, 1.54) is 24.3 Å². The number of H-pyrrole nitrogens is 1. The van der Waals surface area contributed by atoms with E-state index in [9.17, 15) is 18.0 Å². The van der Waals surface area contributed by atoms with Gasteiger partial charge in [0.2, 0.25) is 0 Å². The van der Waals surface area contributed by atoms with Crippen molar-refractivity contribution in [3.05, 3.63) is 30.0 Å². The van der Waals surface area contributed by atoms with Crippen LogP contribution in [-0.4, -0.2) is 30.3 Å². The molecule has 1 aromatic heterocycles. The molecule has 0 radical (unpaired) electrons. The molecule has 0 aliphatic heterocycles. The van der Waals surface area contributed by atoms with Gasteiger partial charge in [-0.1, -0.05) is 0 Å². The summed E-state index contributed by atoms with van der Waals surface area (Å²) >= 11 is 0. The highest BCUT2D eigenvalue weighted by Gasteiger charge is 2.31. The second-order valence-electron chi connectivity index (χ2n) is 4.02. The van der Waals surface area contributed by atoms with Gasteiger partial charge in [0.15, 0.2) is 0 Å². The first-order valence-corrected chi connectivity index (χ1v) is 5.76. The van der Waals surface area contributed by atoms with Crippen molar-refractivity contribution in [2.24, 2.45) is 5.73 Å². The Morgan fingerprint density at radius 1 is 1.35 bits per heavy atom. The molecule has 0 atom stereocenters. The van der Waals surface area contributed by atoms with Gasteiger partial charge in [0, 0.05) is 24.0 Å². The van der Waals surface area contributed by atoms with Crippen molar-refractivity contribution in [1.29, 1.82) is 0 Å². The lowest BCUT2D eigenvalue weighted by Crippen LogP contribution is -2.29. The molecule has 8 heteroatoms. The molecule has 1 heterocycles. The van der Waals surface area contributed by atoms with Crippen LogP contribution in [0.1, 0.15) is 10.5 Å². The maximum Gasteiger partial charge on any atom is 0.573 e. The Labute approximate surface area is 111 Å². The van der Waals surface area contributed by atoms with E-state index in [0.29, 0.717) is 24.0 Å². The molecule has 2 rings (SSSR count). The van der Waals surface area contributed by atoms with Crippen molar-refractivity contribution >= 4 is 16.8 Å². The zero-order valence-electron chi connectivity index (χ0n) is 10.3. The fourth-order valence-corrected chi connectivity index (χ4v) is 1.71. The number of aromatic nitrogens is 1. The summed E-state index contributed by atoms with van der Waals surface area (Å²) in [5.41, 5.74) is 6.05. The average molecular weight is 287 g/mol. The lowest BCUT2D eigenvalue weighted by atomic mass is 10.2. The largest absolute Gasteiger partial charge is 0.573 e. The van der Waals surface area contributed by atoms with E-state index in [0.717, 1.165) is 0 Å². The van der Waals surface area contributed by atoms with Crippen molar-refractivity contribution < 1.29 is 22.7 Å². The number of nitrogens with one attached hydrogen (secondary N) is 2. The van der Waals surface area contributed by atoms with Crippen LogP contribution in [0.15, 0.2) is 24.3 Å². The smallest absolute Gasteiger partial charge is 0.406 e. The van der Waals surface area contributed by atoms with E-state index < -0.39 is 6.36 Å². The number of hydrogen-bond acceptors (Lipinski definition) is 3. The maximum absolute atomic E-state index is 12.1. The maximum atomic E-state index is 12.1. The number of hydrogen-bond donors (Lipinski definition) is 3. The van der Waals surface area contributed by atoms with Gasteiger partial charge < -0.3 is 20.8 Å². The van der Waals surface area contributed by atoms with Crippen LogP contribution >= 0.6 is 0 Å². The zero-order chi connectivity index (χ0) is 14.8. The topological polar surface area (TPSA) is 80.1 Å². The highest BCUT2D eigenvalue weighted by atomic mass is 19.4. The van der Waals surface area contributed by atoms with Crippen LogP contribution in [0, 0.1) is 0 Å². The number of rotatable bonds is 4. The summed E-state index contributed by atoms with van der Waals surface area (Å²) in [6, 6.07) is 5.24. The normalized spacial score (nSPS) is 11.6. The molecule has 0 aliphatic carbocycles. The van der Waals surface area contributed by atoms with Gasteiger partial charge in [-0.15, -0.1) is 13.2 Å². The Morgan fingerprint density at radius 3 is 2.75 bits per heavy atom. The molecule has 0 unspecified atom stereocenters. The van der Waals surface area contributed by atoms with Crippen molar-refractivity contribution in [3.8, 4) is 5.75 Å². The van der Waals surface area contributed by atoms with Gasteiger partial charge in [0.1, 0.15) is 11.4 Å². The molecule has 108 valence electrons. The van der Waals surface area contributed by atoms with Crippen molar-refractivity contribution in [2.45, 2.75) is 6.36 Å². The predicted octanol–water partition coefficient (Wildman–Crippen LogP) is 1.75. The molecule has 0 bridgehead atoms. The summed E-state index contributed by atoms with van der Waals surface area (Å²) in [4.78, 5) is 14.5.